The number of fused-ring (bicyclic) bond motifs is 1. The number of para-hydroxylation sites is 1. The molecule has 0 N–H and O–H groups in total. The Kier molecular flexibility index (Phi) is 6.04. The molecular weight excluding hydrogens is 318 g/mol. The summed E-state index contributed by atoms with van der Waals surface area (Å²) >= 11 is 1.67. The van der Waals surface area contributed by atoms with Crippen molar-refractivity contribution in [3.63, 3.8) is 0 Å². The minimum absolute atomic E-state index is 0.384. The molecule has 0 bridgehead atoms. The van der Waals surface area contributed by atoms with Gasteiger partial charge in [-0.2, -0.15) is 0 Å². The van der Waals surface area contributed by atoms with Crippen LogP contribution >= 0.6 is 11.9 Å². The van der Waals surface area contributed by atoms with Gasteiger partial charge in [-0.1, -0.05) is 49.1 Å². The van der Waals surface area contributed by atoms with Crippen molar-refractivity contribution in [3.8, 4) is 0 Å². The number of aromatic nitrogens is 1. The molecule has 0 amide bonds. The molecule has 4 nitrogen and oxygen atoms in total. The van der Waals surface area contributed by atoms with Crippen LogP contribution in [-0.4, -0.2) is 15.3 Å². The summed E-state index contributed by atoms with van der Waals surface area (Å²) in [7, 11) is 0. The predicted octanol–water partition coefficient (Wildman–Crippen LogP) is 5.72. The molecule has 0 radical (unpaired) electrons. The Bertz CT molecular complexity index is 769. The minimum Gasteiger partial charge on any atom is -0.289 e. The van der Waals surface area contributed by atoms with Gasteiger partial charge in [-0.3, -0.25) is 3.97 Å². The fourth-order valence-corrected chi connectivity index (χ4v) is 3.19. The van der Waals surface area contributed by atoms with Crippen molar-refractivity contribution in [2.45, 2.75) is 26.3 Å². The largest absolute Gasteiger partial charge is 0.289 e. The van der Waals surface area contributed by atoms with Crippen LogP contribution in [0.2, 0.25) is 0 Å². The molecule has 24 heavy (non-hydrogen) atoms. The summed E-state index contributed by atoms with van der Waals surface area (Å²) in [6.45, 7) is 9.56. The molecule has 1 aromatic heterocycles. The molecule has 0 unspecified atom stereocenters. The lowest BCUT2D eigenvalue weighted by Gasteiger charge is -2.30. The summed E-state index contributed by atoms with van der Waals surface area (Å²) < 4.78 is 2.09. The van der Waals surface area contributed by atoms with Crippen LogP contribution in [0.15, 0.2) is 72.7 Å². The topological polar surface area (TPSA) is 37.6 Å². The molecule has 0 aliphatic carbocycles. The first-order valence-corrected chi connectivity index (χ1v) is 8.74. The van der Waals surface area contributed by atoms with E-state index in [1.807, 2.05) is 63.4 Å². The number of hydrogen-bond donors (Lipinski definition) is 0. The van der Waals surface area contributed by atoms with Crippen LogP contribution in [0.4, 0.5) is 5.69 Å². The zero-order chi connectivity index (χ0) is 17.6. The van der Waals surface area contributed by atoms with Crippen LogP contribution in [0.1, 0.15) is 20.8 Å². The van der Waals surface area contributed by atoms with Crippen molar-refractivity contribution in [3.05, 3.63) is 72.3 Å². The highest BCUT2D eigenvalue weighted by atomic mass is 32.2. The molecule has 0 saturated heterocycles. The van der Waals surface area contributed by atoms with E-state index in [0.29, 0.717) is 0 Å². The average molecular weight is 341 g/mol. The predicted molar refractivity (Wildman–Crippen MR) is 106 cm³/mol. The van der Waals surface area contributed by atoms with Crippen LogP contribution in [0, 0.1) is 4.91 Å². The third-order valence-electron chi connectivity index (χ3n) is 3.41. The Balaban J connectivity index is 2.32. The SMILES string of the molecule is C=C/C=C\C=C/CSn1ccc2cccc(N(N=O)C(C)(C)C)c21. The molecule has 0 atom stereocenters. The van der Waals surface area contributed by atoms with Gasteiger partial charge in [-0.25, -0.2) is 5.01 Å². The molecule has 1 heterocycles. The van der Waals surface area contributed by atoms with Gasteiger partial charge in [-0.05, 0) is 44.9 Å². The molecular formula is C19H23N3OS. The zero-order valence-corrected chi connectivity index (χ0v) is 15.2. The Morgan fingerprint density at radius 1 is 1.25 bits per heavy atom. The quantitative estimate of drug-likeness (QED) is 0.367. The number of hydrogen-bond acceptors (Lipinski definition) is 3. The second kappa shape index (κ2) is 8.02. The highest BCUT2D eigenvalue weighted by Gasteiger charge is 2.25. The molecule has 0 aliphatic rings. The summed E-state index contributed by atoms with van der Waals surface area (Å²) in [5, 5.41) is 5.89. The first kappa shape index (κ1) is 18.1. The van der Waals surface area contributed by atoms with Gasteiger partial charge in [0, 0.05) is 17.3 Å². The number of nitrogens with zero attached hydrogens (tertiary/aromatic N) is 3. The maximum atomic E-state index is 11.4. The Hall–Kier alpha value is -2.27. The lowest BCUT2D eigenvalue weighted by molar-refractivity contribution is 0.514. The second-order valence-corrected chi connectivity index (χ2v) is 7.25. The lowest BCUT2D eigenvalue weighted by atomic mass is 10.1. The summed E-state index contributed by atoms with van der Waals surface area (Å²) in [5.74, 6) is 0.823. The van der Waals surface area contributed by atoms with Gasteiger partial charge in [0.15, 0.2) is 0 Å². The van der Waals surface area contributed by atoms with Gasteiger partial charge >= 0.3 is 0 Å². The van der Waals surface area contributed by atoms with E-state index < -0.39 is 0 Å². The van der Waals surface area contributed by atoms with Gasteiger partial charge in [0.2, 0.25) is 0 Å². The summed E-state index contributed by atoms with van der Waals surface area (Å²) in [4.78, 5) is 11.4. The molecule has 0 aliphatic heterocycles. The van der Waals surface area contributed by atoms with Crippen molar-refractivity contribution in [2.24, 2.45) is 5.29 Å². The second-order valence-electron chi connectivity index (χ2n) is 6.27. The first-order chi connectivity index (χ1) is 11.5. The van der Waals surface area contributed by atoms with Crippen molar-refractivity contribution in [2.75, 3.05) is 10.8 Å². The maximum Gasteiger partial charge on any atom is 0.0884 e. The molecule has 0 saturated carbocycles. The van der Waals surface area contributed by atoms with Crippen molar-refractivity contribution in [1.29, 1.82) is 0 Å². The van der Waals surface area contributed by atoms with Gasteiger partial charge < -0.3 is 0 Å². The fourth-order valence-electron chi connectivity index (χ4n) is 2.35. The number of nitroso groups, excluding NO2 is 1. The molecule has 0 spiro atoms. The van der Waals surface area contributed by atoms with Gasteiger partial charge in [-0.15, -0.1) is 4.91 Å². The van der Waals surface area contributed by atoms with Crippen LogP contribution in [0.5, 0.6) is 0 Å². The van der Waals surface area contributed by atoms with Crippen LogP contribution in [-0.2, 0) is 0 Å². The molecule has 2 aromatic rings. The molecule has 2 rings (SSSR count). The normalized spacial score (nSPS) is 12.3. The van der Waals surface area contributed by atoms with E-state index in [4.69, 9.17) is 0 Å². The van der Waals surface area contributed by atoms with E-state index in [1.54, 1.807) is 18.0 Å². The van der Waals surface area contributed by atoms with Crippen LogP contribution < -0.4 is 5.01 Å². The third-order valence-corrected chi connectivity index (χ3v) is 4.33. The smallest absolute Gasteiger partial charge is 0.0884 e. The molecule has 0 fully saturated rings. The zero-order valence-electron chi connectivity index (χ0n) is 14.3. The lowest BCUT2D eigenvalue weighted by Crippen LogP contribution is -2.37. The summed E-state index contributed by atoms with van der Waals surface area (Å²) in [6.07, 6.45) is 11.7. The average Bonchev–Trinajstić information content (AvgIpc) is 2.94. The first-order valence-electron chi connectivity index (χ1n) is 7.80. The summed E-state index contributed by atoms with van der Waals surface area (Å²) in [5.41, 5.74) is 1.45. The summed E-state index contributed by atoms with van der Waals surface area (Å²) in [6, 6.07) is 7.99. The Morgan fingerprint density at radius 2 is 2.04 bits per heavy atom. The monoisotopic (exact) mass is 341 g/mol. The van der Waals surface area contributed by atoms with E-state index in [-0.39, 0.29) is 5.54 Å². The molecule has 5 heteroatoms. The fraction of sp³-hybridized carbons (Fsp3) is 0.263. The number of rotatable bonds is 7. The number of anilines is 1. The highest BCUT2D eigenvalue weighted by Crippen LogP contribution is 2.34. The van der Waals surface area contributed by atoms with Crippen LogP contribution in [0.3, 0.4) is 0 Å². The van der Waals surface area contributed by atoms with Gasteiger partial charge in [0.25, 0.3) is 0 Å². The van der Waals surface area contributed by atoms with E-state index in [1.165, 1.54) is 5.01 Å². The van der Waals surface area contributed by atoms with E-state index >= 15 is 0 Å². The molecule has 126 valence electrons. The van der Waals surface area contributed by atoms with Gasteiger partial charge in [0.1, 0.15) is 0 Å². The van der Waals surface area contributed by atoms with Crippen LogP contribution in [0.25, 0.3) is 10.9 Å². The Labute approximate surface area is 147 Å². The maximum absolute atomic E-state index is 11.4. The minimum atomic E-state index is -0.384. The highest BCUT2D eigenvalue weighted by molar-refractivity contribution is 7.98. The van der Waals surface area contributed by atoms with Crippen molar-refractivity contribution >= 4 is 28.5 Å². The number of allylic oxidation sites excluding steroid dienone is 4. The van der Waals surface area contributed by atoms with Crippen molar-refractivity contribution < 1.29 is 0 Å². The van der Waals surface area contributed by atoms with Crippen molar-refractivity contribution in [1.82, 2.24) is 3.97 Å². The van der Waals surface area contributed by atoms with E-state index in [9.17, 15) is 4.91 Å². The number of benzene rings is 1. The third kappa shape index (κ3) is 4.17. The Morgan fingerprint density at radius 3 is 2.71 bits per heavy atom. The molecule has 1 aromatic carbocycles. The van der Waals surface area contributed by atoms with Gasteiger partial charge in [0.05, 0.1) is 22.0 Å². The van der Waals surface area contributed by atoms with E-state index in [0.717, 1.165) is 22.3 Å². The standard InChI is InChI=1S/C19H23N3OS/c1-5-6-7-8-9-15-24-21-14-13-16-11-10-12-17(18(16)21)22(20-23)19(2,3)4/h5-14H,1,15H2,2-4H3/b7-6-,9-8-. The van der Waals surface area contributed by atoms with E-state index in [2.05, 4.69) is 28.0 Å².